The largest absolute Gasteiger partial charge is 0.394 e. The standard InChI is InChI=1S/C68H131NO10/c1-3-5-7-9-11-13-15-17-19-21-23-25-27-29-30-32-34-36-38-40-42-44-46-48-50-52-54-56-61(72)67(77)69-59(58-78-68-66(76)65(75)64(74)62(57-70)79-68)63(73)60(71)55-53-51-49-47-45-43-41-39-37-35-33-31-28-26-24-22-20-18-16-14-12-10-8-6-4-2/h29-30,47,49,59-66,68,70-76H,3-28,31-46,48,50-58H2,1-2H3,(H,69,77)/b30-29-,49-47+. The second kappa shape index (κ2) is 57.0. The Labute approximate surface area is 486 Å². The van der Waals surface area contributed by atoms with Crippen LogP contribution in [-0.4, -0.2) is 110 Å². The number of ether oxygens (including phenoxy) is 2. The Morgan fingerprint density at radius 3 is 1.09 bits per heavy atom. The van der Waals surface area contributed by atoms with E-state index in [0.717, 1.165) is 38.5 Å². The van der Waals surface area contributed by atoms with Crippen LogP contribution < -0.4 is 5.32 Å². The van der Waals surface area contributed by atoms with Gasteiger partial charge in [-0.25, -0.2) is 0 Å². The first kappa shape index (κ1) is 75.6. The maximum absolute atomic E-state index is 13.2. The number of carbonyl (C=O) groups is 1. The van der Waals surface area contributed by atoms with E-state index >= 15 is 0 Å². The number of aliphatic hydroxyl groups is 7. The molecule has 0 radical (unpaired) electrons. The van der Waals surface area contributed by atoms with E-state index in [1.807, 2.05) is 0 Å². The summed E-state index contributed by atoms with van der Waals surface area (Å²) in [5, 5.41) is 76.4. The third-order valence-electron chi connectivity index (χ3n) is 16.7. The van der Waals surface area contributed by atoms with Crippen molar-refractivity contribution in [1.82, 2.24) is 5.32 Å². The third kappa shape index (κ3) is 44.7. The normalized spacial score (nSPS) is 19.4. The molecule has 0 aromatic heterocycles. The summed E-state index contributed by atoms with van der Waals surface area (Å²) < 4.78 is 11.2. The van der Waals surface area contributed by atoms with Gasteiger partial charge in [0.25, 0.3) is 0 Å². The first-order chi connectivity index (χ1) is 38.7. The second-order valence-electron chi connectivity index (χ2n) is 24.2. The molecule has 1 amide bonds. The maximum Gasteiger partial charge on any atom is 0.249 e. The zero-order valence-electron chi connectivity index (χ0n) is 51.6. The van der Waals surface area contributed by atoms with Gasteiger partial charge in [-0.15, -0.1) is 0 Å². The average Bonchev–Trinajstić information content (AvgIpc) is 3.46. The molecule has 1 aliphatic rings. The molecule has 1 rings (SSSR count). The number of nitrogens with one attached hydrogen (secondary N) is 1. The van der Waals surface area contributed by atoms with Gasteiger partial charge in [-0.1, -0.05) is 295 Å². The molecule has 0 aromatic carbocycles. The van der Waals surface area contributed by atoms with Crippen LogP contribution in [0.5, 0.6) is 0 Å². The van der Waals surface area contributed by atoms with Crippen LogP contribution in [0.1, 0.15) is 335 Å². The molecule has 468 valence electrons. The Morgan fingerprint density at radius 2 is 0.747 bits per heavy atom. The van der Waals surface area contributed by atoms with Crippen LogP contribution in [-0.2, 0) is 14.3 Å². The van der Waals surface area contributed by atoms with Gasteiger partial charge in [-0.2, -0.15) is 0 Å². The van der Waals surface area contributed by atoms with E-state index < -0.39 is 74.2 Å². The topological polar surface area (TPSA) is 189 Å². The first-order valence-electron chi connectivity index (χ1n) is 34.2. The Morgan fingerprint density at radius 1 is 0.430 bits per heavy atom. The van der Waals surface area contributed by atoms with Gasteiger partial charge in [-0.3, -0.25) is 4.79 Å². The molecular weight excluding hydrogens is 991 g/mol. The zero-order valence-corrected chi connectivity index (χ0v) is 51.6. The number of rotatable bonds is 60. The van der Waals surface area contributed by atoms with Gasteiger partial charge in [0.15, 0.2) is 6.29 Å². The van der Waals surface area contributed by atoms with E-state index in [4.69, 9.17) is 9.47 Å². The summed E-state index contributed by atoms with van der Waals surface area (Å²) in [7, 11) is 0. The predicted octanol–water partition coefficient (Wildman–Crippen LogP) is 16.0. The molecule has 0 saturated carbocycles. The Hall–Kier alpha value is -1.41. The summed E-state index contributed by atoms with van der Waals surface area (Å²) in [5.74, 6) is -0.701. The predicted molar refractivity (Wildman–Crippen MR) is 330 cm³/mol. The molecule has 1 fully saturated rings. The van der Waals surface area contributed by atoms with Crippen LogP contribution in [0.25, 0.3) is 0 Å². The van der Waals surface area contributed by atoms with Crippen LogP contribution in [0.4, 0.5) is 0 Å². The van der Waals surface area contributed by atoms with Crippen LogP contribution in [0, 0.1) is 0 Å². The summed E-state index contributed by atoms with van der Waals surface area (Å²) in [4.78, 5) is 13.2. The molecule has 0 aliphatic carbocycles. The molecule has 1 aliphatic heterocycles. The van der Waals surface area contributed by atoms with Gasteiger partial charge in [0.1, 0.15) is 36.6 Å². The minimum absolute atomic E-state index is 0.255. The molecule has 1 heterocycles. The van der Waals surface area contributed by atoms with Gasteiger partial charge in [0.05, 0.1) is 25.4 Å². The Bertz CT molecular complexity index is 1330. The van der Waals surface area contributed by atoms with Crippen LogP contribution in [0.2, 0.25) is 0 Å². The van der Waals surface area contributed by atoms with Gasteiger partial charge >= 0.3 is 0 Å². The number of aliphatic hydroxyl groups excluding tert-OH is 7. The molecule has 0 spiro atoms. The van der Waals surface area contributed by atoms with Crippen molar-refractivity contribution in [2.75, 3.05) is 13.2 Å². The molecule has 79 heavy (non-hydrogen) atoms. The number of amides is 1. The van der Waals surface area contributed by atoms with E-state index in [0.29, 0.717) is 12.8 Å². The van der Waals surface area contributed by atoms with Crippen molar-refractivity contribution in [2.45, 2.75) is 390 Å². The first-order valence-corrected chi connectivity index (χ1v) is 34.2. The SMILES string of the molecule is CCCCCCCCCCCCCC/C=C\CCCCCCCCCCCCCC(O)C(=O)NC(COC1OC(CO)C(O)C(O)C1O)C(O)C(O)CCC/C=C/CCCCCCCCCCCCCCCCCCCCCC. The zero-order chi connectivity index (χ0) is 57.5. The van der Waals surface area contributed by atoms with Crippen LogP contribution in [0.3, 0.4) is 0 Å². The molecular formula is C68H131NO10. The second-order valence-corrected chi connectivity index (χ2v) is 24.2. The van der Waals surface area contributed by atoms with Gasteiger partial charge in [0, 0.05) is 0 Å². The van der Waals surface area contributed by atoms with E-state index in [-0.39, 0.29) is 12.8 Å². The molecule has 8 N–H and O–H groups in total. The molecule has 0 bridgehead atoms. The number of carbonyl (C=O) groups excluding carboxylic acids is 1. The molecule has 1 saturated heterocycles. The summed E-state index contributed by atoms with van der Waals surface area (Å²) >= 11 is 0. The fourth-order valence-electron chi connectivity index (χ4n) is 11.2. The highest BCUT2D eigenvalue weighted by Crippen LogP contribution is 2.24. The fourth-order valence-corrected chi connectivity index (χ4v) is 11.2. The molecule has 11 heteroatoms. The summed E-state index contributed by atoms with van der Waals surface area (Å²) in [6.45, 7) is 3.50. The van der Waals surface area contributed by atoms with Crippen molar-refractivity contribution in [3.8, 4) is 0 Å². The van der Waals surface area contributed by atoms with Crippen molar-refractivity contribution in [3.63, 3.8) is 0 Å². The highest BCUT2D eigenvalue weighted by atomic mass is 16.7. The fraction of sp³-hybridized carbons (Fsp3) is 0.926. The lowest BCUT2D eigenvalue weighted by molar-refractivity contribution is -0.303. The lowest BCUT2D eigenvalue weighted by Crippen LogP contribution is -2.60. The summed E-state index contributed by atoms with van der Waals surface area (Å²) in [6.07, 6.45) is 59.7. The van der Waals surface area contributed by atoms with Crippen molar-refractivity contribution in [3.05, 3.63) is 24.3 Å². The Kier molecular flexibility index (Phi) is 54.6. The summed E-state index contributed by atoms with van der Waals surface area (Å²) in [5.41, 5.74) is 0. The van der Waals surface area contributed by atoms with Crippen molar-refractivity contribution in [2.24, 2.45) is 0 Å². The van der Waals surface area contributed by atoms with Crippen LogP contribution in [0.15, 0.2) is 24.3 Å². The Balaban J connectivity index is 2.23. The number of hydrogen-bond donors (Lipinski definition) is 8. The number of hydrogen-bond acceptors (Lipinski definition) is 10. The minimum atomic E-state index is -1.67. The monoisotopic (exact) mass is 1120 g/mol. The van der Waals surface area contributed by atoms with E-state index in [1.165, 1.54) is 257 Å². The van der Waals surface area contributed by atoms with Gasteiger partial charge < -0.3 is 50.5 Å². The van der Waals surface area contributed by atoms with Crippen molar-refractivity contribution < 1.29 is 50.0 Å². The van der Waals surface area contributed by atoms with E-state index in [1.54, 1.807) is 0 Å². The highest BCUT2D eigenvalue weighted by Gasteiger charge is 2.44. The molecule has 9 unspecified atom stereocenters. The van der Waals surface area contributed by atoms with E-state index in [2.05, 4.69) is 43.5 Å². The highest BCUT2D eigenvalue weighted by molar-refractivity contribution is 5.80. The van der Waals surface area contributed by atoms with Crippen molar-refractivity contribution >= 4 is 5.91 Å². The van der Waals surface area contributed by atoms with Crippen molar-refractivity contribution in [1.29, 1.82) is 0 Å². The lowest BCUT2D eigenvalue weighted by Gasteiger charge is -2.40. The van der Waals surface area contributed by atoms with Gasteiger partial charge in [-0.05, 0) is 64.2 Å². The average molecular weight is 1120 g/mol. The van der Waals surface area contributed by atoms with E-state index in [9.17, 15) is 40.5 Å². The maximum atomic E-state index is 13.2. The number of unbranched alkanes of at least 4 members (excludes halogenated alkanes) is 44. The quantitative estimate of drug-likeness (QED) is 0.0215. The van der Waals surface area contributed by atoms with Crippen LogP contribution >= 0.6 is 0 Å². The minimum Gasteiger partial charge on any atom is -0.394 e. The van der Waals surface area contributed by atoms with Gasteiger partial charge in [0.2, 0.25) is 5.91 Å². The summed E-state index contributed by atoms with van der Waals surface area (Å²) in [6, 6.07) is -1.19. The number of allylic oxidation sites excluding steroid dienone is 4. The third-order valence-corrected chi connectivity index (χ3v) is 16.7. The molecule has 0 aromatic rings. The molecule has 9 atom stereocenters. The molecule has 11 nitrogen and oxygen atoms in total. The lowest BCUT2D eigenvalue weighted by atomic mass is 9.98. The smallest absolute Gasteiger partial charge is 0.249 e.